The minimum Gasteiger partial charge on any atom is -0.382 e. The zero-order valence-corrected chi connectivity index (χ0v) is 13.7. The van der Waals surface area contributed by atoms with Crippen LogP contribution in [0.2, 0.25) is 0 Å². The second-order valence-corrected chi connectivity index (χ2v) is 5.62. The Kier molecular flexibility index (Phi) is 6.95. The molecular weight excluding hydrogens is 314 g/mol. The van der Waals surface area contributed by atoms with Crippen LogP contribution in [-0.2, 0) is 9.47 Å². The fraction of sp³-hybridized carbons (Fsp3) is 0.562. The fourth-order valence-electron chi connectivity index (χ4n) is 2.12. The highest BCUT2D eigenvalue weighted by molar-refractivity contribution is 5.95. The lowest BCUT2D eigenvalue weighted by Gasteiger charge is -2.09. The molecule has 1 amide bonds. The molecule has 8 nitrogen and oxygen atoms in total. The van der Waals surface area contributed by atoms with Crippen LogP contribution >= 0.6 is 0 Å². The molecular formula is C16H23N3O5. The normalized spacial score (nSPS) is 13.5. The second kappa shape index (κ2) is 9.19. The van der Waals surface area contributed by atoms with Gasteiger partial charge in [-0.25, -0.2) is 0 Å². The van der Waals surface area contributed by atoms with Crippen molar-refractivity contribution < 1.29 is 19.2 Å². The average Bonchev–Trinajstić information content (AvgIpc) is 3.38. The largest absolute Gasteiger partial charge is 0.382 e. The number of nitro benzene ring substituents is 1. The zero-order valence-electron chi connectivity index (χ0n) is 13.7. The van der Waals surface area contributed by atoms with Crippen LogP contribution in [0.25, 0.3) is 0 Å². The van der Waals surface area contributed by atoms with E-state index in [0.717, 1.165) is 12.8 Å². The first-order valence-corrected chi connectivity index (χ1v) is 8.01. The minimum atomic E-state index is -0.467. The number of nitrogens with one attached hydrogen (secondary N) is 2. The number of anilines is 1. The van der Waals surface area contributed by atoms with Crippen molar-refractivity contribution in [2.75, 3.05) is 38.8 Å². The van der Waals surface area contributed by atoms with E-state index in [1.54, 1.807) is 19.2 Å². The molecule has 0 aliphatic heterocycles. The van der Waals surface area contributed by atoms with Gasteiger partial charge >= 0.3 is 0 Å². The molecule has 1 aliphatic carbocycles. The molecule has 1 aromatic rings. The molecule has 0 spiro atoms. The van der Waals surface area contributed by atoms with Gasteiger partial charge < -0.3 is 20.1 Å². The Morgan fingerprint density at radius 3 is 2.79 bits per heavy atom. The van der Waals surface area contributed by atoms with Gasteiger partial charge in [-0.15, -0.1) is 0 Å². The molecule has 0 radical (unpaired) electrons. The minimum absolute atomic E-state index is 0.0718. The Morgan fingerprint density at radius 2 is 2.12 bits per heavy atom. The first-order chi connectivity index (χ1) is 11.6. The van der Waals surface area contributed by atoms with Crippen LogP contribution in [0.3, 0.4) is 0 Å². The van der Waals surface area contributed by atoms with Crippen molar-refractivity contribution in [2.24, 2.45) is 0 Å². The van der Waals surface area contributed by atoms with Crippen LogP contribution in [0.1, 0.15) is 29.6 Å². The Balaban J connectivity index is 1.82. The first-order valence-electron chi connectivity index (χ1n) is 8.01. The number of methoxy groups -OCH3 is 1. The van der Waals surface area contributed by atoms with Crippen molar-refractivity contribution >= 4 is 17.3 Å². The third-order valence-corrected chi connectivity index (χ3v) is 3.58. The maximum Gasteiger partial charge on any atom is 0.293 e. The molecule has 132 valence electrons. The lowest BCUT2D eigenvalue weighted by molar-refractivity contribution is -0.384. The van der Waals surface area contributed by atoms with Gasteiger partial charge in [-0.05, 0) is 31.4 Å². The van der Waals surface area contributed by atoms with Crippen molar-refractivity contribution in [1.82, 2.24) is 5.32 Å². The van der Waals surface area contributed by atoms with Gasteiger partial charge in [0.05, 0.1) is 18.1 Å². The van der Waals surface area contributed by atoms with Crippen LogP contribution < -0.4 is 10.6 Å². The molecule has 1 saturated carbocycles. The van der Waals surface area contributed by atoms with Crippen LogP contribution in [0, 0.1) is 10.1 Å². The van der Waals surface area contributed by atoms with E-state index in [9.17, 15) is 14.9 Å². The van der Waals surface area contributed by atoms with Gasteiger partial charge in [0.15, 0.2) is 0 Å². The molecule has 0 aromatic heterocycles. The van der Waals surface area contributed by atoms with Gasteiger partial charge in [-0.2, -0.15) is 0 Å². The van der Waals surface area contributed by atoms with Crippen molar-refractivity contribution in [3.8, 4) is 0 Å². The monoisotopic (exact) mass is 337 g/mol. The lowest BCUT2D eigenvalue weighted by atomic mass is 10.1. The number of nitrogens with zero attached hydrogens (tertiary/aromatic N) is 1. The second-order valence-electron chi connectivity index (χ2n) is 5.62. The Labute approximate surface area is 140 Å². The predicted octanol–water partition coefficient (Wildman–Crippen LogP) is 1.95. The molecule has 0 bridgehead atoms. The van der Waals surface area contributed by atoms with Gasteiger partial charge in [0.1, 0.15) is 5.69 Å². The third kappa shape index (κ3) is 5.78. The molecule has 0 saturated heterocycles. The number of carbonyl (C=O) groups excluding carboxylic acids is 1. The number of ether oxygens (including phenoxy) is 2. The molecule has 2 rings (SSSR count). The smallest absolute Gasteiger partial charge is 0.293 e. The summed E-state index contributed by atoms with van der Waals surface area (Å²) < 4.78 is 10.2. The van der Waals surface area contributed by atoms with E-state index in [2.05, 4.69) is 10.6 Å². The summed E-state index contributed by atoms with van der Waals surface area (Å²) in [7, 11) is 1.61. The highest BCUT2D eigenvalue weighted by Gasteiger charge is 2.25. The summed E-state index contributed by atoms with van der Waals surface area (Å²) in [5.74, 6) is -0.326. The quantitative estimate of drug-likeness (QED) is 0.363. The Morgan fingerprint density at radius 1 is 1.33 bits per heavy atom. The Hall–Kier alpha value is -2.19. The van der Waals surface area contributed by atoms with E-state index in [0.29, 0.717) is 44.5 Å². The summed E-state index contributed by atoms with van der Waals surface area (Å²) in [6.45, 7) is 2.03. The third-order valence-electron chi connectivity index (χ3n) is 3.58. The highest BCUT2D eigenvalue weighted by Crippen LogP contribution is 2.31. The number of hydrogen-bond acceptors (Lipinski definition) is 6. The van der Waals surface area contributed by atoms with Crippen molar-refractivity contribution in [3.05, 3.63) is 33.9 Å². The highest BCUT2D eigenvalue weighted by atomic mass is 16.6. The standard InChI is InChI=1S/C16H23N3O5/c1-23-9-10-24-8-2-7-17-16(20)12-3-6-14(18-13-4-5-13)15(11-12)19(21)22/h3,6,11,13,18H,2,4-5,7-10H2,1H3,(H,17,20). The van der Waals surface area contributed by atoms with Crippen LogP contribution in [0.4, 0.5) is 11.4 Å². The summed E-state index contributed by atoms with van der Waals surface area (Å²) in [6.07, 6.45) is 2.70. The summed E-state index contributed by atoms with van der Waals surface area (Å²) in [6, 6.07) is 4.82. The van der Waals surface area contributed by atoms with E-state index in [1.807, 2.05) is 0 Å². The summed E-state index contributed by atoms with van der Waals surface area (Å²) in [5, 5.41) is 17.0. The van der Waals surface area contributed by atoms with Gasteiger partial charge in [-0.1, -0.05) is 0 Å². The number of rotatable bonds is 11. The van der Waals surface area contributed by atoms with E-state index in [4.69, 9.17) is 9.47 Å². The molecule has 0 atom stereocenters. The van der Waals surface area contributed by atoms with Crippen molar-refractivity contribution in [1.29, 1.82) is 0 Å². The van der Waals surface area contributed by atoms with Gasteiger partial charge in [0.25, 0.3) is 11.6 Å². The summed E-state index contributed by atoms with van der Waals surface area (Å²) >= 11 is 0. The van der Waals surface area contributed by atoms with Crippen LogP contribution in [0.5, 0.6) is 0 Å². The van der Waals surface area contributed by atoms with E-state index >= 15 is 0 Å². The average molecular weight is 337 g/mol. The topological polar surface area (TPSA) is 103 Å². The van der Waals surface area contributed by atoms with E-state index < -0.39 is 4.92 Å². The first kappa shape index (κ1) is 18.2. The molecule has 1 fully saturated rings. The molecule has 1 aromatic carbocycles. The van der Waals surface area contributed by atoms with Crippen molar-refractivity contribution in [3.63, 3.8) is 0 Å². The van der Waals surface area contributed by atoms with Gasteiger partial charge in [0.2, 0.25) is 0 Å². The summed E-state index contributed by atoms with van der Waals surface area (Å²) in [5.41, 5.74) is 0.673. The molecule has 0 heterocycles. The van der Waals surface area contributed by atoms with Crippen LogP contribution in [-0.4, -0.2) is 50.3 Å². The maximum absolute atomic E-state index is 12.1. The molecule has 0 unspecified atom stereocenters. The Bertz CT molecular complexity index is 575. The van der Waals surface area contributed by atoms with Gasteiger partial charge in [0, 0.05) is 37.9 Å². The van der Waals surface area contributed by atoms with Crippen molar-refractivity contribution in [2.45, 2.75) is 25.3 Å². The maximum atomic E-state index is 12.1. The number of nitro groups is 1. The summed E-state index contributed by atoms with van der Waals surface area (Å²) in [4.78, 5) is 22.8. The SMILES string of the molecule is COCCOCCCNC(=O)c1ccc(NC2CC2)c([N+](=O)[O-])c1. The predicted molar refractivity (Wildman–Crippen MR) is 89.4 cm³/mol. The van der Waals surface area contributed by atoms with Gasteiger partial charge in [-0.3, -0.25) is 14.9 Å². The number of amides is 1. The fourth-order valence-corrected chi connectivity index (χ4v) is 2.12. The zero-order chi connectivity index (χ0) is 17.4. The van der Waals surface area contributed by atoms with E-state index in [1.165, 1.54) is 6.07 Å². The molecule has 1 aliphatic rings. The van der Waals surface area contributed by atoms with E-state index in [-0.39, 0.29) is 17.2 Å². The van der Waals surface area contributed by atoms with Crippen LogP contribution in [0.15, 0.2) is 18.2 Å². The molecule has 8 heteroatoms. The lowest BCUT2D eigenvalue weighted by Crippen LogP contribution is -2.25. The number of benzene rings is 1. The number of hydrogen-bond donors (Lipinski definition) is 2. The molecule has 24 heavy (non-hydrogen) atoms. The number of carbonyl (C=O) groups is 1. The molecule has 2 N–H and O–H groups in total.